The van der Waals surface area contributed by atoms with Gasteiger partial charge >= 0.3 is 0 Å². The maximum Gasteiger partial charge on any atom is 0.155 e. The number of hydrogen-bond donors (Lipinski definition) is 0. The van der Waals surface area contributed by atoms with E-state index >= 15 is 0 Å². The first-order chi connectivity index (χ1) is 20.5. The zero-order valence-corrected chi connectivity index (χ0v) is 24.3. The Kier molecular flexibility index (Phi) is 7.11. The lowest BCUT2D eigenvalue weighted by Gasteiger charge is -2.38. The average molecular weight is 543 g/mol. The number of likely N-dealkylation sites (N-methyl/N-ethyl adjacent to an activating group) is 1. The van der Waals surface area contributed by atoms with E-state index < -0.39 is 5.54 Å². The van der Waals surface area contributed by atoms with Crippen LogP contribution in [0.2, 0.25) is 0 Å². The molecule has 6 rings (SSSR count). The summed E-state index contributed by atoms with van der Waals surface area (Å²) in [5.41, 5.74) is 9.23. The van der Waals surface area contributed by atoms with Crippen molar-refractivity contribution in [3.63, 3.8) is 0 Å². The normalized spacial score (nSPS) is 17.0. The molecule has 0 fully saturated rings. The molecular formula is C40H34N2. The Morgan fingerprint density at radius 1 is 0.595 bits per heavy atom. The van der Waals surface area contributed by atoms with Crippen LogP contribution in [-0.2, 0) is 5.41 Å². The predicted octanol–water partition coefficient (Wildman–Crippen LogP) is 9.40. The Balaban J connectivity index is 1.45. The highest BCUT2D eigenvalue weighted by molar-refractivity contribution is 6.04. The number of nitrogens with zero attached hydrogens (tertiary/aromatic N) is 2. The maximum absolute atomic E-state index is 10.5. The minimum Gasteiger partial charge on any atom is -0.352 e. The van der Waals surface area contributed by atoms with E-state index in [9.17, 15) is 5.26 Å². The van der Waals surface area contributed by atoms with Crippen molar-refractivity contribution in [2.45, 2.75) is 24.8 Å². The fourth-order valence-corrected chi connectivity index (χ4v) is 6.38. The van der Waals surface area contributed by atoms with Gasteiger partial charge in [-0.05, 0) is 56.7 Å². The topological polar surface area (TPSA) is 27.0 Å². The molecule has 5 aromatic rings. The van der Waals surface area contributed by atoms with Gasteiger partial charge in [-0.2, -0.15) is 5.26 Å². The molecule has 0 aromatic heterocycles. The van der Waals surface area contributed by atoms with Gasteiger partial charge in [0.2, 0.25) is 0 Å². The van der Waals surface area contributed by atoms with E-state index in [-0.39, 0.29) is 5.41 Å². The van der Waals surface area contributed by atoms with Gasteiger partial charge in [-0.1, -0.05) is 153 Å². The zero-order chi connectivity index (χ0) is 29.2. The third-order valence-electron chi connectivity index (χ3n) is 8.74. The van der Waals surface area contributed by atoms with Crippen molar-refractivity contribution in [3.05, 3.63) is 179 Å². The predicted molar refractivity (Wildman–Crippen MR) is 176 cm³/mol. The highest BCUT2D eigenvalue weighted by Crippen LogP contribution is 2.51. The molecule has 1 unspecified atom stereocenters. The molecule has 0 saturated carbocycles. The first-order valence-electron chi connectivity index (χ1n) is 14.4. The minimum absolute atomic E-state index is 0.368. The van der Waals surface area contributed by atoms with Gasteiger partial charge in [0, 0.05) is 18.2 Å². The van der Waals surface area contributed by atoms with Crippen molar-refractivity contribution in [2.24, 2.45) is 0 Å². The van der Waals surface area contributed by atoms with Crippen molar-refractivity contribution < 1.29 is 0 Å². The van der Waals surface area contributed by atoms with Crippen LogP contribution in [0, 0.1) is 11.3 Å². The minimum atomic E-state index is -0.793. The second-order valence-corrected chi connectivity index (χ2v) is 11.4. The van der Waals surface area contributed by atoms with Gasteiger partial charge in [0.05, 0.1) is 6.07 Å². The molecule has 1 aliphatic rings. The van der Waals surface area contributed by atoms with Gasteiger partial charge in [0.25, 0.3) is 0 Å². The van der Waals surface area contributed by atoms with E-state index in [1.165, 1.54) is 33.4 Å². The molecule has 0 saturated heterocycles. The Labute approximate surface area is 249 Å². The molecule has 1 aliphatic heterocycles. The molecule has 0 aliphatic carbocycles. The molecule has 2 nitrogen and oxygen atoms in total. The van der Waals surface area contributed by atoms with E-state index in [4.69, 9.17) is 0 Å². The summed E-state index contributed by atoms with van der Waals surface area (Å²) in [5, 5.41) is 10.5. The summed E-state index contributed by atoms with van der Waals surface area (Å²) < 4.78 is 0. The molecule has 2 heteroatoms. The number of anilines is 1. The monoisotopic (exact) mass is 542 g/mol. The highest BCUT2D eigenvalue weighted by atomic mass is 15.2. The Morgan fingerprint density at radius 3 is 1.48 bits per heavy atom. The first-order valence-corrected chi connectivity index (χ1v) is 14.4. The first kappa shape index (κ1) is 27.1. The van der Waals surface area contributed by atoms with Crippen molar-refractivity contribution in [1.82, 2.24) is 0 Å². The third-order valence-corrected chi connectivity index (χ3v) is 8.74. The van der Waals surface area contributed by atoms with Crippen LogP contribution in [0.3, 0.4) is 0 Å². The van der Waals surface area contributed by atoms with Crippen LogP contribution in [0.4, 0.5) is 5.69 Å². The van der Waals surface area contributed by atoms with Gasteiger partial charge in [-0.15, -0.1) is 0 Å². The number of para-hydroxylation sites is 1. The van der Waals surface area contributed by atoms with Crippen LogP contribution in [0.25, 0.3) is 17.2 Å². The molecule has 1 heterocycles. The van der Waals surface area contributed by atoms with E-state index in [2.05, 4.69) is 170 Å². The smallest absolute Gasteiger partial charge is 0.155 e. The van der Waals surface area contributed by atoms with Crippen LogP contribution in [-0.4, -0.2) is 12.6 Å². The van der Waals surface area contributed by atoms with Gasteiger partial charge in [0.1, 0.15) is 0 Å². The van der Waals surface area contributed by atoms with Crippen molar-refractivity contribution in [2.75, 3.05) is 11.9 Å². The largest absolute Gasteiger partial charge is 0.352 e. The SMILES string of the molecule is CN1c2ccccc2C(C)(C)C1(C#N)/C=C/c1ccc(C(=C(c2ccccc2)c2ccccc2)c2ccccc2)cc1. The molecule has 42 heavy (non-hydrogen) atoms. The van der Waals surface area contributed by atoms with Crippen LogP contribution in [0.1, 0.15) is 47.2 Å². The van der Waals surface area contributed by atoms with Gasteiger partial charge in [-0.25, -0.2) is 0 Å². The lowest BCUT2D eigenvalue weighted by molar-refractivity contribution is 0.410. The fraction of sp³-hybridized carbons (Fsp3) is 0.125. The quantitative estimate of drug-likeness (QED) is 0.200. The molecular weight excluding hydrogens is 508 g/mol. The highest BCUT2D eigenvalue weighted by Gasteiger charge is 2.54. The van der Waals surface area contributed by atoms with Crippen molar-refractivity contribution >= 4 is 22.9 Å². The Bertz CT molecular complexity index is 1750. The van der Waals surface area contributed by atoms with E-state index in [1.807, 2.05) is 13.1 Å². The Morgan fingerprint density at radius 2 is 1.02 bits per heavy atom. The standard InChI is InChI=1S/C40H34N2/c1-39(2)35-21-13-14-22-36(35)42(3)40(39,29-41)28-27-30-23-25-34(26-24-30)38(33-19-11-6-12-20-33)37(31-15-7-4-8-16-31)32-17-9-5-10-18-32/h4-28H,1-3H3/b28-27+. The lowest BCUT2D eigenvalue weighted by atomic mass is 9.70. The maximum atomic E-state index is 10.5. The molecule has 204 valence electrons. The summed E-state index contributed by atoms with van der Waals surface area (Å²) in [6, 6.07) is 51.6. The fourth-order valence-electron chi connectivity index (χ4n) is 6.38. The summed E-state index contributed by atoms with van der Waals surface area (Å²) in [6.07, 6.45) is 4.17. The molecule has 0 amide bonds. The van der Waals surface area contributed by atoms with E-state index in [0.717, 1.165) is 16.8 Å². The summed E-state index contributed by atoms with van der Waals surface area (Å²) in [6.45, 7) is 4.33. The second kappa shape index (κ2) is 11.0. The van der Waals surface area contributed by atoms with Gasteiger partial charge in [-0.3, -0.25) is 0 Å². The third kappa shape index (κ3) is 4.54. The molecule has 0 bridgehead atoms. The summed E-state index contributed by atoms with van der Waals surface area (Å²) >= 11 is 0. The second-order valence-electron chi connectivity index (χ2n) is 11.4. The summed E-state index contributed by atoms with van der Waals surface area (Å²) in [5.74, 6) is 0. The van der Waals surface area contributed by atoms with E-state index in [0.29, 0.717) is 0 Å². The summed E-state index contributed by atoms with van der Waals surface area (Å²) in [7, 11) is 2.02. The molecule has 0 spiro atoms. The number of fused-ring (bicyclic) bond motifs is 1. The molecule has 5 aromatic carbocycles. The van der Waals surface area contributed by atoms with Crippen LogP contribution < -0.4 is 4.90 Å². The van der Waals surface area contributed by atoms with Crippen LogP contribution in [0.5, 0.6) is 0 Å². The van der Waals surface area contributed by atoms with Crippen molar-refractivity contribution in [1.29, 1.82) is 5.26 Å². The molecule has 1 atom stereocenters. The van der Waals surface area contributed by atoms with Crippen LogP contribution in [0.15, 0.2) is 146 Å². The van der Waals surface area contributed by atoms with E-state index in [1.54, 1.807) is 0 Å². The van der Waals surface area contributed by atoms with Crippen molar-refractivity contribution in [3.8, 4) is 6.07 Å². The summed E-state index contributed by atoms with van der Waals surface area (Å²) in [4.78, 5) is 2.12. The van der Waals surface area contributed by atoms with Gasteiger partial charge in [0.15, 0.2) is 5.54 Å². The lowest BCUT2D eigenvalue weighted by Crippen LogP contribution is -2.51. The number of nitriles is 1. The van der Waals surface area contributed by atoms with Crippen LogP contribution >= 0.6 is 0 Å². The number of hydrogen-bond acceptors (Lipinski definition) is 2. The Hall–Kier alpha value is -5.13. The van der Waals surface area contributed by atoms with Gasteiger partial charge < -0.3 is 4.90 Å². The number of rotatable bonds is 6. The average Bonchev–Trinajstić information content (AvgIpc) is 3.22. The number of benzene rings is 5. The molecule has 0 N–H and O–H groups in total. The molecule has 0 radical (unpaired) electrons. The zero-order valence-electron chi connectivity index (χ0n) is 24.3.